The SMILES string of the molecule is COc1cccc(OC)c1C(=O)[PH](=O)c1c(C)cc(C(=O)c2ccccc2)c(C)c1C. The van der Waals surface area contributed by atoms with Crippen LogP contribution in [0, 0.1) is 20.8 Å². The fraction of sp³-hybridized carbons (Fsp3) is 0.200. The van der Waals surface area contributed by atoms with E-state index in [0.717, 1.165) is 0 Å². The highest BCUT2D eigenvalue weighted by Crippen LogP contribution is 2.39. The smallest absolute Gasteiger partial charge is 0.230 e. The van der Waals surface area contributed by atoms with Crippen molar-refractivity contribution in [3.8, 4) is 11.5 Å². The zero-order valence-corrected chi connectivity index (χ0v) is 19.2. The first-order chi connectivity index (χ1) is 14.8. The Balaban J connectivity index is 2.09. The van der Waals surface area contributed by atoms with Crippen LogP contribution in [0.4, 0.5) is 0 Å². The van der Waals surface area contributed by atoms with Crippen molar-refractivity contribution in [2.24, 2.45) is 0 Å². The van der Waals surface area contributed by atoms with E-state index < -0.39 is 13.3 Å². The monoisotopic (exact) mass is 436 g/mol. The molecule has 0 aliphatic heterocycles. The lowest BCUT2D eigenvalue weighted by Crippen LogP contribution is -2.17. The van der Waals surface area contributed by atoms with Crippen LogP contribution in [0.1, 0.15) is 43.0 Å². The van der Waals surface area contributed by atoms with Gasteiger partial charge in [-0.1, -0.05) is 36.4 Å². The Morgan fingerprint density at radius 3 is 1.94 bits per heavy atom. The molecular formula is C25H25O5P. The number of carbonyl (C=O) groups is 2. The average Bonchev–Trinajstić information content (AvgIpc) is 2.80. The number of methoxy groups -OCH3 is 2. The molecule has 160 valence electrons. The molecule has 1 atom stereocenters. The van der Waals surface area contributed by atoms with Crippen molar-refractivity contribution >= 4 is 24.4 Å². The van der Waals surface area contributed by atoms with E-state index >= 15 is 0 Å². The molecule has 0 N–H and O–H groups in total. The second-order valence-corrected chi connectivity index (χ2v) is 8.87. The number of rotatable bonds is 7. The fourth-order valence-corrected chi connectivity index (χ4v) is 5.37. The third-order valence-electron chi connectivity index (χ3n) is 5.47. The van der Waals surface area contributed by atoms with Crippen molar-refractivity contribution in [1.82, 2.24) is 0 Å². The van der Waals surface area contributed by atoms with E-state index in [0.29, 0.717) is 44.6 Å². The minimum atomic E-state index is -2.91. The second kappa shape index (κ2) is 9.32. The minimum absolute atomic E-state index is 0.103. The average molecular weight is 436 g/mol. The lowest BCUT2D eigenvalue weighted by molar-refractivity contribution is 0.103. The van der Waals surface area contributed by atoms with Gasteiger partial charge < -0.3 is 14.0 Å². The van der Waals surface area contributed by atoms with Crippen LogP contribution in [-0.2, 0) is 4.57 Å². The number of ether oxygens (including phenoxy) is 2. The van der Waals surface area contributed by atoms with Crippen LogP contribution in [-0.4, -0.2) is 25.5 Å². The summed E-state index contributed by atoms with van der Waals surface area (Å²) >= 11 is 0. The van der Waals surface area contributed by atoms with E-state index in [1.807, 2.05) is 25.1 Å². The van der Waals surface area contributed by atoms with Crippen molar-refractivity contribution < 1.29 is 23.6 Å². The van der Waals surface area contributed by atoms with Crippen molar-refractivity contribution in [2.75, 3.05) is 14.2 Å². The second-order valence-electron chi connectivity index (χ2n) is 7.26. The maximum atomic E-state index is 13.5. The van der Waals surface area contributed by atoms with Crippen LogP contribution >= 0.6 is 7.80 Å². The van der Waals surface area contributed by atoms with Gasteiger partial charge in [-0.05, 0) is 55.7 Å². The fourth-order valence-electron chi connectivity index (χ4n) is 3.71. The maximum Gasteiger partial charge on any atom is 0.230 e. The molecule has 3 aromatic carbocycles. The number of carbonyl (C=O) groups excluding carboxylic acids is 2. The molecule has 6 heteroatoms. The molecule has 1 unspecified atom stereocenters. The summed E-state index contributed by atoms with van der Waals surface area (Å²) in [4.78, 5) is 26.3. The molecule has 0 bridgehead atoms. The van der Waals surface area contributed by atoms with Gasteiger partial charge in [-0.25, -0.2) is 0 Å². The van der Waals surface area contributed by atoms with E-state index in [9.17, 15) is 14.2 Å². The third-order valence-corrected chi connectivity index (χ3v) is 7.35. The molecule has 3 aromatic rings. The summed E-state index contributed by atoms with van der Waals surface area (Å²) in [6.07, 6.45) is 0. The van der Waals surface area contributed by atoms with Crippen molar-refractivity contribution in [3.63, 3.8) is 0 Å². The molecule has 0 aliphatic carbocycles. The number of aryl methyl sites for hydroxylation is 1. The molecule has 0 amide bonds. The Morgan fingerprint density at radius 1 is 0.806 bits per heavy atom. The molecule has 0 heterocycles. The Labute approximate surface area is 182 Å². The van der Waals surface area contributed by atoms with Crippen molar-refractivity contribution in [3.05, 3.63) is 88.0 Å². The van der Waals surface area contributed by atoms with Gasteiger partial charge in [0.25, 0.3) is 0 Å². The lowest BCUT2D eigenvalue weighted by Gasteiger charge is -2.17. The number of benzene rings is 3. The van der Waals surface area contributed by atoms with E-state index in [4.69, 9.17) is 9.47 Å². The predicted octanol–water partition coefficient (Wildman–Crippen LogP) is 4.89. The first kappa shape index (κ1) is 22.5. The summed E-state index contributed by atoms with van der Waals surface area (Å²) in [6.45, 7) is 5.39. The highest BCUT2D eigenvalue weighted by atomic mass is 31.1. The molecule has 0 saturated heterocycles. The van der Waals surface area contributed by atoms with Gasteiger partial charge in [-0.3, -0.25) is 9.59 Å². The summed E-state index contributed by atoms with van der Waals surface area (Å²) < 4.78 is 24.1. The van der Waals surface area contributed by atoms with Gasteiger partial charge in [0, 0.05) is 16.4 Å². The molecule has 0 radical (unpaired) electrons. The number of hydrogen-bond donors (Lipinski definition) is 0. The molecule has 5 nitrogen and oxygen atoms in total. The highest BCUT2D eigenvalue weighted by Gasteiger charge is 2.28. The molecule has 0 spiro atoms. The normalized spacial score (nSPS) is 11.6. The van der Waals surface area contributed by atoms with Gasteiger partial charge in [0.05, 0.1) is 14.2 Å². The maximum absolute atomic E-state index is 13.5. The van der Waals surface area contributed by atoms with E-state index in [1.165, 1.54) is 14.2 Å². The molecule has 0 fully saturated rings. The van der Waals surface area contributed by atoms with E-state index in [-0.39, 0.29) is 11.3 Å². The largest absolute Gasteiger partial charge is 0.496 e. The van der Waals surface area contributed by atoms with Crippen LogP contribution in [0.3, 0.4) is 0 Å². The Kier molecular flexibility index (Phi) is 6.77. The van der Waals surface area contributed by atoms with Gasteiger partial charge in [0.1, 0.15) is 17.1 Å². The summed E-state index contributed by atoms with van der Waals surface area (Å²) in [6, 6.07) is 15.7. The van der Waals surface area contributed by atoms with E-state index in [2.05, 4.69) is 0 Å². The zero-order valence-electron chi connectivity index (χ0n) is 18.2. The minimum Gasteiger partial charge on any atom is -0.496 e. The molecule has 0 saturated carbocycles. The Bertz CT molecular complexity index is 1160. The number of hydrogen-bond acceptors (Lipinski definition) is 5. The van der Waals surface area contributed by atoms with Gasteiger partial charge in [-0.15, -0.1) is 0 Å². The Hall–Kier alpha value is -3.17. The van der Waals surface area contributed by atoms with E-state index in [1.54, 1.807) is 50.2 Å². The van der Waals surface area contributed by atoms with Crippen LogP contribution in [0.25, 0.3) is 0 Å². The van der Waals surface area contributed by atoms with Crippen molar-refractivity contribution in [1.29, 1.82) is 0 Å². The summed E-state index contributed by atoms with van der Waals surface area (Å²) in [5.74, 6) is 0.518. The molecular weight excluding hydrogens is 411 g/mol. The standard InChI is InChI=1S/C25H25O5P/c1-15-14-19(23(26)18-10-7-6-8-11-18)16(2)17(3)24(15)31(28)25(27)22-20(29-4)12-9-13-21(22)30-5/h6-14,31H,1-5H3. The van der Waals surface area contributed by atoms with Crippen LogP contribution in [0.15, 0.2) is 54.6 Å². The third kappa shape index (κ3) is 4.19. The molecule has 3 rings (SSSR count). The van der Waals surface area contributed by atoms with Gasteiger partial charge in [0.15, 0.2) is 13.6 Å². The Morgan fingerprint density at radius 2 is 1.39 bits per heavy atom. The predicted molar refractivity (Wildman–Crippen MR) is 123 cm³/mol. The first-order valence-electron chi connectivity index (χ1n) is 9.82. The molecule has 0 aliphatic rings. The lowest BCUT2D eigenvalue weighted by atomic mass is 9.94. The first-order valence-corrected chi connectivity index (χ1v) is 11.2. The molecule has 31 heavy (non-hydrogen) atoms. The summed E-state index contributed by atoms with van der Waals surface area (Å²) in [7, 11) is -0.00590. The van der Waals surface area contributed by atoms with Crippen molar-refractivity contribution in [2.45, 2.75) is 20.8 Å². The van der Waals surface area contributed by atoms with Gasteiger partial charge in [-0.2, -0.15) is 0 Å². The topological polar surface area (TPSA) is 69.7 Å². The summed E-state index contributed by atoms with van der Waals surface area (Å²) in [5.41, 5.74) is 2.80. The van der Waals surface area contributed by atoms with Crippen LogP contribution in [0.2, 0.25) is 0 Å². The zero-order chi connectivity index (χ0) is 22.7. The highest BCUT2D eigenvalue weighted by molar-refractivity contribution is 7.71. The van der Waals surface area contributed by atoms with Crippen LogP contribution in [0.5, 0.6) is 11.5 Å². The quantitative estimate of drug-likeness (QED) is 0.390. The van der Waals surface area contributed by atoms with Crippen LogP contribution < -0.4 is 14.8 Å². The summed E-state index contributed by atoms with van der Waals surface area (Å²) in [5, 5.41) is 0.477. The molecule has 0 aromatic heterocycles. The van der Waals surface area contributed by atoms with Gasteiger partial charge in [0.2, 0.25) is 5.52 Å². The number of ketones is 1. The van der Waals surface area contributed by atoms with Gasteiger partial charge >= 0.3 is 0 Å².